The van der Waals surface area contributed by atoms with Crippen molar-refractivity contribution in [1.82, 2.24) is 0 Å². The summed E-state index contributed by atoms with van der Waals surface area (Å²) in [4.78, 5) is 21.6. The minimum Gasteiger partial charge on any atom is -0.481 e. The highest BCUT2D eigenvalue weighted by atomic mass is 16.4. The van der Waals surface area contributed by atoms with E-state index < -0.39 is 23.7 Å². The van der Waals surface area contributed by atoms with Gasteiger partial charge in [-0.1, -0.05) is 12.2 Å². The van der Waals surface area contributed by atoms with E-state index in [2.05, 4.69) is 0 Å². The average Bonchev–Trinajstić information content (AvgIpc) is 2.09. The molecule has 2 atom stereocenters. The molecule has 1 rings (SSSR count). The van der Waals surface area contributed by atoms with Gasteiger partial charge in [0.1, 0.15) is 0 Å². The van der Waals surface area contributed by atoms with Gasteiger partial charge in [-0.15, -0.1) is 0 Å². The lowest BCUT2D eigenvalue weighted by molar-refractivity contribution is -0.152. The summed E-state index contributed by atoms with van der Waals surface area (Å²) in [6.45, 7) is 0. The van der Waals surface area contributed by atoms with E-state index in [1.807, 2.05) is 0 Å². The number of allylic oxidation sites excluding steroid dienone is 1. The Balaban J connectivity index is 3.24. The second kappa shape index (κ2) is 3.38. The van der Waals surface area contributed by atoms with Crippen LogP contribution in [0.5, 0.6) is 0 Å². The van der Waals surface area contributed by atoms with Crippen LogP contribution in [0, 0.1) is 11.8 Å². The standard InChI is InChI=1S/C8H10O4/c9-7(10)5-3-1-2-4-6(5)8(11)12/h1,3,5-6H,2,4H2,(H,9,10)(H,11,12)/i5D,6D. The van der Waals surface area contributed by atoms with Gasteiger partial charge in [0.25, 0.3) is 0 Å². The first-order valence-electron chi connectivity index (χ1n) is 4.49. The van der Waals surface area contributed by atoms with Crippen molar-refractivity contribution in [2.75, 3.05) is 0 Å². The Morgan fingerprint density at radius 1 is 1.42 bits per heavy atom. The molecule has 0 aromatic rings. The highest BCUT2D eigenvalue weighted by molar-refractivity contribution is 5.81. The van der Waals surface area contributed by atoms with Crippen molar-refractivity contribution in [2.45, 2.75) is 12.8 Å². The van der Waals surface area contributed by atoms with E-state index >= 15 is 0 Å². The molecule has 0 saturated heterocycles. The van der Waals surface area contributed by atoms with Crippen LogP contribution in [-0.2, 0) is 9.59 Å². The maximum absolute atomic E-state index is 10.8. The number of hydrogen-bond acceptors (Lipinski definition) is 2. The Morgan fingerprint density at radius 3 is 2.50 bits per heavy atom. The number of hydrogen-bond donors (Lipinski definition) is 2. The molecule has 1 aliphatic rings. The summed E-state index contributed by atoms with van der Waals surface area (Å²) in [6.07, 6.45) is 2.55. The van der Waals surface area contributed by atoms with Crippen molar-refractivity contribution >= 4 is 11.9 Å². The molecule has 2 unspecified atom stereocenters. The molecule has 0 heterocycles. The van der Waals surface area contributed by atoms with Crippen LogP contribution in [0.1, 0.15) is 15.6 Å². The second-order valence-electron chi connectivity index (χ2n) is 2.44. The molecule has 66 valence electrons. The van der Waals surface area contributed by atoms with Crippen LogP contribution < -0.4 is 0 Å². The smallest absolute Gasteiger partial charge is 0.311 e. The van der Waals surface area contributed by atoms with Crippen molar-refractivity contribution in [3.8, 4) is 0 Å². The van der Waals surface area contributed by atoms with Gasteiger partial charge in [-0.3, -0.25) is 9.59 Å². The first-order chi connectivity index (χ1) is 6.34. The fourth-order valence-corrected chi connectivity index (χ4v) is 1.09. The van der Waals surface area contributed by atoms with Gasteiger partial charge in [-0.2, -0.15) is 0 Å². The zero-order valence-electron chi connectivity index (χ0n) is 8.28. The normalized spacial score (nSPS) is 43.0. The monoisotopic (exact) mass is 172 g/mol. The number of carboxylic acid groups (broad SMARTS) is 2. The Hall–Kier alpha value is -1.32. The predicted molar refractivity (Wildman–Crippen MR) is 40.6 cm³/mol. The van der Waals surface area contributed by atoms with Gasteiger partial charge in [-0.05, 0) is 12.8 Å². The molecular formula is C8H10O4. The molecule has 0 aromatic carbocycles. The number of aliphatic carboxylic acids is 2. The maximum Gasteiger partial charge on any atom is 0.311 e. The van der Waals surface area contributed by atoms with Crippen molar-refractivity contribution in [3.05, 3.63) is 12.2 Å². The number of rotatable bonds is 2. The Morgan fingerprint density at radius 2 is 2.08 bits per heavy atom. The zero-order valence-corrected chi connectivity index (χ0v) is 6.28. The number of carbonyl (C=O) groups is 2. The van der Waals surface area contributed by atoms with E-state index in [9.17, 15) is 9.59 Å². The summed E-state index contributed by atoms with van der Waals surface area (Å²) >= 11 is 0. The minimum atomic E-state index is -2.39. The first-order valence-corrected chi connectivity index (χ1v) is 3.49. The third-order valence-electron chi connectivity index (χ3n) is 1.66. The quantitative estimate of drug-likeness (QED) is 0.602. The summed E-state index contributed by atoms with van der Waals surface area (Å²) in [5.74, 6) is -7.87. The zero-order chi connectivity index (χ0) is 11.0. The highest BCUT2D eigenvalue weighted by Crippen LogP contribution is 2.24. The van der Waals surface area contributed by atoms with E-state index in [1.54, 1.807) is 0 Å². The van der Waals surface area contributed by atoms with E-state index in [-0.39, 0.29) is 6.42 Å². The maximum atomic E-state index is 10.8. The van der Waals surface area contributed by atoms with E-state index in [1.165, 1.54) is 6.08 Å². The van der Waals surface area contributed by atoms with Gasteiger partial charge in [0, 0.05) is 2.74 Å². The van der Waals surface area contributed by atoms with Crippen LogP contribution in [-0.4, -0.2) is 22.2 Å². The molecule has 2 N–H and O–H groups in total. The summed E-state index contributed by atoms with van der Waals surface area (Å²) in [5.41, 5.74) is 0. The molecule has 0 aromatic heterocycles. The molecule has 0 bridgehead atoms. The summed E-state index contributed by atoms with van der Waals surface area (Å²) < 4.78 is 15.0. The topological polar surface area (TPSA) is 74.6 Å². The molecule has 1 aliphatic carbocycles. The summed E-state index contributed by atoms with van der Waals surface area (Å²) in [7, 11) is 0. The summed E-state index contributed by atoms with van der Waals surface area (Å²) in [6, 6.07) is 0. The molecule has 0 amide bonds. The molecule has 0 radical (unpaired) electrons. The average molecular weight is 172 g/mol. The Kier molecular flexibility index (Phi) is 1.76. The van der Waals surface area contributed by atoms with Crippen molar-refractivity contribution < 1.29 is 22.5 Å². The third kappa shape index (κ3) is 1.64. The molecule has 0 saturated carbocycles. The second-order valence-corrected chi connectivity index (χ2v) is 2.44. The Labute approximate surface area is 72.3 Å². The van der Waals surface area contributed by atoms with Gasteiger partial charge < -0.3 is 10.2 Å². The minimum absolute atomic E-state index is 0.158. The lowest BCUT2D eigenvalue weighted by atomic mass is 9.84. The van der Waals surface area contributed by atoms with Crippen LogP contribution in [0.3, 0.4) is 0 Å². The largest absolute Gasteiger partial charge is 0.481 e. The van der Waals surface area contributed by atoms with Gasteiger partial charge in [0.15, 0.2) is 0 Å². The van der Waals surface area contributed by atoms with Gasteiger partial charge in [0.2, 0.25) is 0 Å². The number of carboxylic acids is 2. The fraction of sp³-hybridized carbons (Fsp3) is 0.500. The fourth-order valence-electron chi connectivity index (χ4n) is 1.09. The highest BCUT2D eigenvalue weighted by Gasteiger charge is 2.32. The molecule has 0 spiro atoms. The molecule has 12 heavy (non-hydrogen) atoms. The van der Waals surface area contributed by atoms with Crippen LogP contribution in [0.25, 0.3) is 0 Å². The molecule has 4 heteroatoms. The lowest BCUT2D eigenvalue weighted by Crippen LogP contribution is -2.30. The van der Waals surface area contributed by atoms with Crippen LogP contribution in [0.15, 0.2) is 12.2 Å². The van der Waals surface area contributed by atoms with Gasteiger partial charge in [0.05, 0.1) is 11.8 Å². The SMILES string of the molecule is [2H]C1(C(=O)O)C=CCCC1([2H])C(=O)O. The molecular weight excluding hydrogens is 160 g/mol. The first kappa shape index (κ1) is 6.22. The van der Waals surface area contributed by atoms with Crippen LogP contribution >= 0.6 is 0 Å². The van der Waals surface area contributed by atoms with Gasteiger partial charge in [-0.25, -0.2) is 0 Å². The van der Waals surface area contributed by atoms with E-state index in [0.717, 1.165) is 6.08 Å². The van der Waals surface area contributed by atoms with E-state index in [4.69, 9.17) is 13.0 Å². The summed E-state index contributed by atoms with van der Waals surface area (Å²) in [5, 5.41) is 17.5. The predicted octanol–water partition coefficient (Wildman–Crippen LogP) is 0.738. The Bertz CT molecular complexity index is 314. The van der Waals surface area contributed by atoms with Crippen molar-refractivity contribution in [2.24, 2.45) is 11.8 Å². The molecule has 0 aliphatic heterocycles. The van der Waals surface area contributed by atoms with Crippen molar-refractivity contribution in [1.29, 1.82) is 0 Å². The van der Waals surface area contributed by atoms with Crippen molar-refractivity contribution in [3.63, 3.8) is 0 Å². The molecule has 4 nitrogen and oxygen atoms in total. The van der Waals surface area contributed by atoms with E-state index in [0.29, 0.717) is 6.42 Å². The van der Waals surface area contributed by atoms with Crippen LogP contribution in [0.2, 0.25) is 0 Å². The lowest BCUT2D eigenvalue weighted by Gasteiger charge is -2.19. The van der Waals surface area contributed by atoms with Gasteiger partial charge >= 0.3 is 11.9 Å². The van der Waals surface area contributed by atoms with Crippen LogP contribution in [0.4, 0.5) is 0 Å². The molecule has 0 fully saturated rings. The third-order valence-corrected chi connectivity index (χ3v) is 1.66.